The van der Waals surface area contributed by atoms with Gasteiger partial charge in [0, 0.05) is 35.3 Å². The molecule has 0 fully saturated rings. The molecular formula is C26H33ClN2O4. The summed E-state index contributed by atoms with van der Waals surface area (Å²) in [6, 6.07) is 6.08. The summed E-state index contributed by atoms with van der Waals surface area (Å²) in [4.78, 5) is 17.7. The van der Waals surface area contributed by atoms with Crippen LogP contribution in [0.5, 0.6) is 11.6 Å². The highest BCUT2D eigenvalue weighted by Crippen LogP contribution is 2.40. The molecule has 0 N–H and O–H groups in total. The van der Waals surface area contributed by atoms with Crippen LogP contribution < -0.4 is 9.47 Å². The second kappa shape index (κ2) is 11.4. The Kier molecular flexibility index (Phi) is 8.61. The van der Waals surface area contributed by atoms with Gasteiger partial charge in [-0.05, 0) is 31.4 Å². The lowest BCUT2D eigenvalue weighted by molar-refractivity contribution is 0.0589. The van der Waals surface area contributed by atoms with Crippen LogP contribution in [0.4, 0.5) is 0 Å². The van der Waals surface area contributed by atoms with Crippen molar-refractivity contribution in [1.29, 1.82) is 0 Å². The van der Waals surface area contributed by atoms with Gasteiger partial charge in [-0.3, -0.25) is 0 Å². The van der Waals surface area contributed by atoms with Crippen molar-refractivity contribution in [2.75, 3.05) is 20.3 Å². The van der Waals surface area contributed by atoms with E-state index in [4.69, 9.17) is 30.8 Å². The molecule has 6 nitrogen and oxygen atoms in total. The van der Waals surface area contributed by atoms with Gasteiger partial charge in [-0.2, -0.15) is 0 Å². The number of aromatic nitrogens is 2. The number of carbonyl (C=O) groups excluding carboxylic acids is 1. The number of rotatable bonds is 11. The Morgan fingerprint density at radius 3 is 2.42 bits per heavy atom. The lowest BCUT2D eigenvalue weighted by atomic mass is 9.99. The minimum absolute atomic E-state index is 0.244. The molecule has 0 bridgehead atoms. The number of carbonyl (C=O) groups is 1. The molecular weight excluding hydrogens is 440 g/mol. The Balaban J connectivity index is 2.25. The average molecular weight is 473 g/mol. The molecule has 0 amide bonds. The first-order chi connectivity index (χ1) is 16.0. The molecule has 1 aromatic carbocycles. The third kappa shape index (κ3) is 5.27. The maximum Gasteiger partial charge on any atom is 0.347 e. The Morgan fingerprint density at radius 2 is 1.79 bits per heavy atom. The summed E-state index contributed by atoms with van der Waals surface area (Å²) in [5.41, 5.74) is 3.76. The van der Waals surface area contributed by atoms with E-state index >= 15 is 0 Å². The molecule has 33 heavy (non-hydrogen) atoms. The van der Waals surface area contributed by atoms with Crippen LogP contribution in [0.3, 0.4) is 0 Å². The Bertz CT molecular complexity index is 1120. The van der Waals surface area contributed by atoms with Crippen LogP contribution in [0.25, 0.3) is 22.2 Å². The van der Waals surface area contributed by atoms with Crippen molar-refractivity contribution >= 4 is 28.5 Å². The Morgan fingerprint density at radius 1 is 1.09 bits per heavy atom. The summed E-state index contributed by atoms with van der Waals surface area (Å²) in [6.45, 7) is 7.16. The van der Waals surface area contributed by atoms with E-state index in [0.29, 0.717) is 30.4 Å². The number of ether oxygens (including phenoxy) is 3. The van der Waals surface area contributed by atoms with Crippen molar-refractivity contribution in [3.63, 3.8) is 0 Å². The van der Waals surface area contributed by atoms with Crippen LogP contribution >= 0.6 is 11.6 Å². The van der Waals surface area contributed by atoms with Gasteiger partial charge in [0.1, 0.15) is 5.75 Å². The summed E-state index contributed by atoms with van der Waals surface area (Å²) in [5, 5.41) is 1.62. The van der Waals surface area contributed by atoms with Crippen LogP contribution in [-0.2, 0) is 18.2 Å². The molecule has 2 heterocycles. The Hall–Kier alpha value is -2.73. The molecule has 2 aromatic heterocycles. The highest BCUT2D eigenvalue weighted by molar-refractivity contribution is 6.35. The first kappa shape index (κ1) is 24.9. The monoisotopic (exact) mass is 472 g/mol. The van der Waals surface area contributed by atoms with Crippen LogP contribution in [0, 0.1) is 0 Å². The van der Waals surface area contributed by atoms with Crippen molar-refractivity contribution < 1.29 is 19.0 Å². The van der Waals surface area contributed by atoms with Gasteiger partial charge in [0.25, 0.3) is 0 Å². The van der Waals surface area contributed by atoms with E-state index in [1.54, 1.807) is 0 Å². The molecule has 3 aromatic rings. The smallest absolute Gasteiger partial charge is 0.347 e. The number of fused-ring (bicyclic) bond motifs is 1. The van der Waals surface area contributed by atoms with Gasteiger partial charge in [-0.25, -0.2) is 9.78 Å². The quantitative estimate of drug-likeness (QED) is 0.232. The van der Waals surface area contributed by atoms with E-state index in [0.717, 1.165) is 53.4 Å². The van der Waals surface area contributed by atoms with E-state index in [-0.39, 0.29) is 11.4 Å². The van der Waals surface area contributed by atoms with Crippen molar-refractivity contribution in [1.82, 2.24) is 9.55 Å². The van der Waals surface area contributed by atoms with Gasteiger partial charge in [0.05, 0.1) is 31.0 Å². The van der Waals surface area contributed by atoms with Gasteiger partial charge in [0.2, 0.25) is 5.88 Å². The largest absolute Gasteiger partial charge is 0.492 e. The first-order valence-corrected chi connectivity index (χ1v) is 12.0. The number of hydrogen-bond acceptors (Lipinski definition) is 5. The number of hydrogen-bond donors (Lipinski definition) is 0. The summed E-state index contributed by atoms with van der Waals surface area (Å²) < 4.78 is 19.3. The molecule has 3 rings (SSSR count). The number of esters is 1. The van der Waals surface area contributed by atoms with Crippen LogP contribution in [0.2, 0.25) is 5.02 Å². The zero-order chi connectivity index (χ0) is 24.0. The number of unbranched alkanes of at least 4 members (excludes halogenated alkanes) is 2. The van der Waals surface area contributed by atoms with Crippen molar-refractivity contribution in [3.8, 4) is 22.9 Å². The number of benzene rings is 1. The van der Waals surface area contributed by atoms with E-state index < -0.39 is 5.97 Å². The number of nitrogens with zero attached hydrogens (tertiary/aromatic N) is 2. The first-order valence-electron chi connectivity index (χ1n) is 11.6. The zero-order valence-corrected chi connectivity index (χ0v) is 20.9. The van der Waals surface area contributed by atoms with Crippen LogP contribution in [-0.4, -0.2) is 35.8 Å². The third-order valence-electron chi connectivity index (χ3n) is 5.65. The minimum atomic E-state index is -0.511. The second-order valence-corrected chi connectivity index (χ2v) is 8.42. The molecule has 0 aliphatic rings. The van der Waals surface area contributed by atoms with E-state index in [1.807, 2.05) is 42.9 Å². The predicted octanol–water partition coefficient (Wildman–Crippen LogP) is 6.60. The predicted molar refractivity (Wildman–Crippen MR) is 133 cm³/mol. The Labute approximate surface area is 200 Å². The lowest BCUT2D eigenvalue weighted by Crippen LogP contribution is -2.15. The number of methoxy groups -OCH3 is 1. The fraction of sp³-hybridized carbons (Fsp3) is 0.462. The molecule has 0 radical (unpaired) electrons. The maximum absolute atomic E-state index is 12.8. The van der Waals surface area contributed by atoms with Gasteiger partial charge < -0.3 is 18.8 Å². The molecule has 0 spiro atoms. The maximum atomic E-state index is 12.8. The van der Waals surface area contributed by atoms with Crippen molar-refractivity contribution in [2.24, 2.45) is 7.05 Å². The van der Waals surface area contributed by atoms with Crippen molar-refractivity contribution in [3.05, 3.63) is 40.5 Å². The molecule has 0 atom stereocenters. The fourth-order valence-electron chi connectivity index (χ4n) is 3.82. The summed E-state index contributed by atoms with van der Waals surface area (Å²) >= 11 is 6.48. The van der Waals surface area contributed by atoms with Crippen LogP contribution in [0.1, 0.15) is 62.4 Å². The highest BCUT2D eigenvalue weighted by atomic mass is 35.5. The lowest BCUT2D eigenvalue weighted by Gasteiger charge is -2.20. The topological polar surface area (TPSA) is 62.6 Å². The normalized spacial score (nSPS) is 11.1. The number of aryl methyl sites for hydroxylation is 1. The standard InChI is InChI=1S/C26H33ClN2O4/c1-6-9-13-32-24-18(8-3)23(17-11-12-21-19(15-17)20(27)16-29(21)4)28-25(33-14-10-7-2)22(24)26(30)31-5/h11-12,15-16H,6-10,13-14H2,1-5H3. The van der Waals surface area contributed by atoms with Gasteiger partial charge in [-0.15, -0.1) is 0 Å². The van der Waals surface area contributed by atoms with Gasteiger partial charge in [-0.1, -0.05) is 51.3 Å². The summed E-state index contributed by atoms with van der Waals surface area (Å²) in [6.07, 6.45) is 6.20. The molecule has 0 unspecified atom stereocenters. The van der Waals surface area contributed by atoms with Gasteiger partial charge in [0.15, 0.2) is 5.56 Å². The van der Waals surface area contributed by atoms with Crippen LogP contribution in [0.15, 0.2) is 24.4 Å². The molecule has 0 aliphatic carbocycles. The number of pyridine rings is 1. The minimum Gasteiger partial charge on any atom is -0.492 e. The summed E-state index contributed by atoms with van der Waals surface area (Å²) in [5.74, 6) is 0.227. The zero-order valence-electron chi connectivity index (χ0n) is 20.2. The van der Waals surface area contributed by atoms with E-state index in [1.165, 1.54) is 7.11 Å². The molecule has 7 heteroatoms. The van der Waals surface area contributed by atoms with Gasteiger partial charge >= 0.3 is 5.97 Å². The van der Waals surface area contributed by atoms with E-state index in [9.17, 15) is 4.79 Å². The number of halogens is 1. The third-order valence-corrected chi connectivity index (χ3v) is 5.95. The molecule has 0 saturated carbocycles. The molecule has 178 valence electrons. The SMILES string of the molecule is CCCCOc1nc(-c2ccc3c(c2)c(Cl)cn3C)c(CC)c(OCCCC)c1C(=O)OC. The molecule has 0 aliphatic heterocycles. The van der Waals surface area contributed by atoms with Crippen molar-refractivity contribution in [2.45, 2.75) is 52.9 Å². The fourth-order valence-corrected chi connectivity index (χ4v) is 4.11. The second-order valence-electron chi connectivity index (χ2n) is 8.02. The molecule has 0 saturated heterocycles. The highest BCUT2D eigenvalue weighted by Gasteiger charge is 2.28. The average Bonchev–Trinajstić information content (AvgIpc) is 3.11. The summed E-state index contributed by atoms with van der Waals surface area (Å²) in [7, 11) is 3.33. The van der Waals surface area contributed by atoms with E-state index in [2.05, 4.69) is 13.8 Å².